The molecule has 1 aliphatic heterocycles. The number of nitrogens with zero attached hydrogens (tertiary/aromatic N) is 1. The van der Waals surface area contributed by atoms with Crippen molar-refractivity contribution in [1.82, 2.24) is 10.2 Å². The van der Waals surface area contributed by atoms with Crippen LogP contribution in [-0.4, -0.2) is 35.1 Å². The average molecular weight is 295 g/mol. The molecule has 0 aromatic heterocycles. The molecule has 1 aliphatic rings. The topological polar surface area (TPSA) is 52.6 Å². The molecule has 108 valence electrons. The lowest BCUT2D eigenvalue weighted by Gasteiger charge is -2.28. The van der Waals surface area contributed by atoms with Crippen molar-refractivity contribution in [2.24, 2.45) is 0 Å². The highest BCUT2D eigenvalue weighted by atomic mass is 35.5. The van der Waals surface area contributed by atoms with Gasteiger partial charge in [-0.3, -0.25) is 4.79 Å². The van der Waals surface area contributed by atoms with Gasteiger partial charge >= 0.3 is 0 Å². The summed E-state index contributed by atoms with van der Waals surface area (Å²) in [4.78, 5) is 12.6. The summed E-state index contributed by atoms with van der Waals surface area (Å²) in [5.74, 6) is 0. The molecule has 2 rings (SSSR count). The minimum atomic E-state index is -0.571. The zero-order valence-electron chi connectivity index (χ0n) is 11.4. The molecule has 5 heteroatoms. The number of carbonyl (C=O) groups excluding carboxylic acids is 1. The van der Waals surface area contributed by atoms with Gasteiger partial charge in [0.25, 0.3) is 0 Å². The third-order valence-electron chi connectivity index (χ3n) is 3.67. The van der Waals surface area contributed by atoms with Gasteiger partial charge in [0.15, 0.2) is 0 Å². The quantitative estimate of drug-likeness (QED) is 0.818. The Labute approximate surface area is 124 Å². The van der Waals surface area contributed by atoms with Gasteiger partial charge in [0.05, 0.1) is 12.1 Å². The third-order valence-corrected chi connectivity index (χ3v) is 4.02. The van der Waals surface area contributed by atoms with Crippen LogP contribution >= 0.6 is 11.6 Å². The Hall–Kier alpha value is -1.52. The Morgan fingerprint density at radius 3 is 2.95 bits per heavy atom. The predicted octanol–water partition coefficient (Wildman–Crippen LogP) is 2.10. The summed E-state index contributed by atoms with van der Waals surface area (Å²) in [7, 11) is 0. The highest BCUT2D eigenvalue weighted by molar-refractivity contribution is 6.31. The van der Waals surface area contributed by atoms with E-state index in [0.29, 0.717) is 23.7 Å². The highest BCUT2D eigenvalue weighted by Crippen LogP contribution is 2.26. The fourth-order valence-corrected chi connectivity index (χ4v) is 2.92. The van der Waals surface area contributed by atoms with Gasteiger partial charge in [-0.1, -0.05) is 36.4 Å². The molecule has 3 atom stereocenters. The second-order valence-corrected chi connectivity index (χ2v) is 5.46. The van der Waals surface area contributed by atoms with E-state index in [1.54, 1.807) is 4.90 Å². The van der Waals surface area contributed by atoms with Crippen molar-refractivity contribution in [2.45, 2.75) is 31.5 Å². The van der Waals surface area contributed by atoms with Crippen LogP contribution in [0.1, 0.15) is 24.9 Å². The molecule has 2 N–H and O–H groups in total. The molecule has 1 aromatic carbocycles. The highest BCUT2D eigenvalue weighted by Gasteiger charge is 2.34. The van der Waals surface area contributed by atoms with Crippen LogP contribution in [-0.2, 0) is 4.79 Å². The molecule has 0 bridgehead atoms. The molecule has 1 aromatic rings. The number of nitrogens with one attached hydrogen (secondary N) is 1. The minimum Gasteiger partial charge on any atom is -0.390 e. The molecule has 3 unspecified atom stereocenters. The molecule has 0 radical (unpaired) electrons. The minimum absolute atomic E-state index is 0.0440. The first-order valence-electron chi connectivity index (χ1n) is 6.63. The fourth-order valence-electron chi connectivity index (χ4n) is 2.62. The molecule has 1 heterocycles. The van der Waals surface area contributed by atoms with Crippen molar-refractivity contribution >= 4 is 18.0 Å². The number of hydrogen-bond acceptors (Lipinski definition) is 3. The summed E-state index contributed by atoms with van der Waals surface area (Å²) >= 11 is 6.16. The Morgan fingerprint density at radius 1 is 1.60 bits per heavy atom. The molecular weight excluding hydrogens is 276 g/mol. The van der Waals surface area contributed by atoms with Gasteiger partial charge in [-0.05, 0) is 25.0 Å². The maximum atomic E-state index is 11.0. The van der Waals surface area contributed by atoms with Crippen LogP contribution < -0.4 is 5.32 Å². The maximum Gasteiger partial charge on any atom is 0.210 e. The van der Waals surface area contributed by atoms with Crippen LogP contribution in [0.3, 0.4) is 0 Å². The number of carbonyl (C=O) groups is 1. The molecule has 4 nitrogen and oxygen atoms in total. The smallest absolute Gasteiger partial charge is 0.210 e. The second kappa shape index (κ2) is 6.29. The van der Waals surface area contributed by atoms with Crippen molar-refractivity contribution < 1.29 is 9.90 Å². The second-order valence-electron chi connectivity index (χ2n) is 5.06. The van der Waals surface area contributed by atoms with E-state index >= 15 is 0 Å². The van der Waals surface area contributed by atoms with E-state index in [2.05, 4.69) is 11.9 Å². The summed E-state index contributed by atoms with van der Waals surface area (Å²) in [6.45, 7) is 6.49. The number of aliphatic hydroxyl groups is 1. The van der Waals surface area contributed by atoms with Crippen LogP contribution in [0.5, 0.6) is 0 Å². The van der Waals surface area contributed by atoms with Crippen LogP contribution in [0.2, 0.25) is 5.02 Å². The Bertz CT molecular complexity index is 506. The van der Waals surface area contributed by atoms with Gasteiger partial charge in [-0.15, -0.1) is 0 Å². The van der Waals surface area contributed by atoms with Crippen LogP contribution in [0.15, 0.2) is 36.5 Å². The zero-order chi connectivity index (χ0) is 14.7. The fraction of sp³-hybridized carbons (Fsp3) is 0.400. The van der Waals surface area contributed by atoms with E-state index in [9.17, 15) is 9.90 Å². The van der Waals surface area contributed by atoms with Gasteiger partial charge in [-0.25, -0.2) is 0 Å². The SMILES string of the molecule is C=C(NC(C)c1ccccc1Cl)C1C(O)CCN1C=O. The summed E-state index contributed by atoms with van der Waals surface area (Å²) in [6, 6.07) is 7.15. The van der Waals surface area contributed by atoms with Gasteiger partial charge in [0.1, 0.15) is 0 Å². The lowest BCUT2D eigenvalue weighted by Crippen LogP contribution is -2.40. The van der Waals surface area contributed by atoms with E-state index in [4.69, 9.17) is 11.6 Å². The van der Waals surface area contributed by atoms with Crippen LogP contribution in [0.4, 0.5) is 0 Å². The van der Waals surface area contributed by atoms with E-state index in [0.717, 1.165) is 12.0 Å². The molecule has 1 saturated heterocycles. The lowest BCUT2D eigenvalue weighted by molar-refractivity contribution is -0.119. The first kappa shape index (κ1) is 14.9. The summed E-state index contributed by atoms with van der Waals surface area (Å²) < 4.78 is 0. The first-order chi connectivity index (χ1) is 9.54. The first-order valence-corrected chi connectivity index (χ1v) is 7.01. The largest absolute Gasteiger partial charge is 0.390 e. The number of benzene rings is 1. The van der Waals surface area contributed by atoms with E-state index in [1.165, 1.54) is 0 Å². The Morgan fingerprint density at radius 2 is 2.30 bits per heavy atom. The van der Waals surface area contributed by atoms with Crippen molar-refractivity contribution in [3.63, 3.8) is 0 Å². The molecule has 20 heavy (non-hydrogen) atoms. The van der Waals surface area contributed by atoms with Crippen molar-refractivity contribution in [1.29, 1.82) is 0 Å². The Kier molecular flexibility index (Phi) is 4.68. The van der Waals surface area contributed by atoms with Gasteiger partial charge < -0.3 is 15.3 Å². The van der Waals surface area contributed by atoms with Gasteiger partial charge in [0.2, 0.25) is 6.41 Å². The molecule has 0 aliphatic carbocycles. The lowest BCUT2D eigenvalue weighted by atomic mass is 10.1. The third kappa shape index (κ3) is 2.97. The van der Waals surface area contributed by atoms with Gasteiger partial charge in [-0.2, -0.15) is 0 Å². The number of likely N-dealkylation sites (tertiary alicyclic amines) is 1. The number of hydrogen-bond donors (Lipinski definition) is 2. The molecular formula is C15H19ClN2O2. The van der Waals surface area contributed by atoms with Crippen LogP contribution in [0, 0.1) is 0 Å². The predicted molar refractivity (Wildman–Crippen MR) is 79.3 cm³/mol. The van der Waals surface area contributed by atoms with Crippen molar-refractivity contribution in [3.8, 4) is 0 Å². The number of aliphatic hydroxyl groups excluding tert-OH is 1. The van der Waals surface area contributed by atoms with Gasteiger partial charge in [0, 0.05) is 23.3 Å². The molecule has 0 saturated carbocycles. The van der Waals surface area contributed by atoms with E-state index < -0.39 is 6.10 Å². The number of amides is 1. The summed E-state index contributed by atoms with van der Waals surface area (Å²) in [6.07, 6.45) is 0.761. The van der Waals surface area contributed by atoms with E-state index in [1.807, 2.05) is 31.2 Å². The zero-order valence-corrected chi connectivity index (χ0v) is 12.2. The monoisotopic (exact) mass is 294 g/mol. The maximum absolute atomic E-state index is 11.0. The number of halogens is 1. The average Bonchev–Trinajstić information content (AvgIpc) is 2.80. The number of rotatable bonds is 5. The Balaban J connectivity index is 2.08. The van der Waals surface area contributed by atoms with Crippen molar-refractivity contribution in [2.75, 3.05) is 6.54 Å². The normalized spacial score (nSPS) is 23.4. The molecule has 1 amide bonds. The van der Waals surface area contributed by atoms with Crippen LogP contribution in [0.25, 0.3) is 0 Å². The standard InChI is InChI=1S/C15H19ClN2O2/c1-10(12-5-3-4-6-13(12)16)17-11(2)15-14(20)7-8-18(15)9-19/h3-6,9-10,14-15,17,20H,2,7-8H2,1H3. The summed E-state index contributed by atoms with van der Waals surface area (Å²) in [5.41, 5.74) is 1.59. The molecule has 1 fully saturated rings. The van der Waals surface area contributed by atoms with Crippen molar-refractivity contribution in [3.05, 3.63) is 47.1 Å². The molecule has 0 spiro atoms. The van der Waals surface area contributed by atoms with E-state index in [-0.39, 0.29) is 12.1 Å². The summed E-state index contributed by atoms with van der Waals surface area (Å²) in [5, 5.41) is 13.9.